The Morgan fingerprint density at radius 2 is 2.11 bits per heavy atom. The molecule has 0 amide bonds. The van der Waals surface area contributed by atoms with Crippen molar-refractivity contribution in [2.45, 2.75) is 13.8 Å². The van der Waals surface area contributed by atoms with Gasteiger partial charge in [0.2, 0.25) is 0 Å². The fourth-order valence-corrected chi connectivity index (χ4v) is 1.64. The number of pyridine rings is 1. The van der Waals surface area contributed by atoms with Gasteiger partial charge in [-0.1, -0.05) is 0 Å². The van der Waals surface area contributed by atoms with Crippen LogP contribution in [0.2, 0.25) is 0 Å². The van der Waals surface area contributed by atoms with Crippen molar-refractivity contribution in [2.75, 3.05) is 17.7 Å². The number of rotatable bonds is 4. The zero-order valence-corrected chi connectivity index (χ0v) is 10.9. The molecule has 1 heterocycles. The summed E-state index contributed by atoms with van der Waals surface area (Å²) < 4.78 is 18.8. The molecule has 0 saturated carbocycles. The molecule has 100 valence electrons. The SMILES string of the molecule is CCOc1ccc(Nc2ccc(N)c(C)n2)cc1F. The van der Waals surface area contributed by atoms with Crippen molar-refractivity contribution in [3.05, 3.63) is 41.8 Å². The number of halogens is 1. The molecule has 1 aromatic heterocycles. The third-order valence-corrected chi connectivity index (χ3v) is 2.63. The van der Waals surface area contributed by atoms with Gasteiger partial charge in [-0.3, -0.25) is 0 Å². The predicted octanol–water partition coefficient (Wildman–Crippen LogP) is 3.25. The molecule has 1 aromatic carbocycles. The van der Waals surface area contributed by atoms with Gasteiger partial charge in [-0.05, 0) is 38.1 Å². The number of ether oxygens (including phenoxy) is 1. The summed E-state index contributed by atoms with van der Waals surface area (Å²) in [7, 11) is 0. The summed E-state index contributed by atoms with van der Waals surface area (Å²) in [5, 5.41) is 3.02. The third-order valence-electron chi connectivity index (χ3n) is 2.63. The topological polar surface area (TPSA) is 60.2 Å². The molecule has 0 atom stereocenters. The number of nitrogens with zero attached hydrogens (tertiary/aromatic N) is 1. The zero-order valence-electron chi connectivity index (χ0n) is 10.9. The number of hydrogen-bond donors (Lipinski definition) is 2. The maximum Gasteiger partial charge on any atom is 0.167 e. The van der Waals surface area contributed by atoms with E-state index in [1.165, 1.54) is 6.07 Å². The molecular formula is C14H16FN3O. The number of nitrogens with two attached hydrogens (primary N) is 1. The van der Waals surface area contributed by atoms with Gasteiger partial charge >= 0.3 is 0 Å². The van der Waals surface area contributed by atoms with Gasteiger partial charge < -0.3 is 15.8 Å². The molecule has 0 aliphatic carbocycles. The van der Waals surface area contributed by atoms with Crippen molar-refractivity contribution < 1.29 is 9.13 Å². The maximum atomic E-state index is 13.7. The lowest BCUT2D eigenvalue weighted by Gasteiger charge is -2.09. The summed E-state index contributed by atoms with van der Waals surface area (Å²) in [6.45, 7) is 4.06. The first-order chi connectivity index (χ1) is 9.10. The van der Waals surface area contributed by atoms with Crippen LogP contribution in [-0.2, 0) is 0 Å². The Labute approximate surface area is 111 Å². The molecule has 3 N–H and O–H groups in total. The van der Waals surface area contributed by atoms with E-state index in [1.54, 1.807) is 24.3 Å². The molecule has 19 heavy (non-hydrogen) atoms. The molecule has 0 radical (unpaired) electrons. The summed E-state index contributed by atoms with van der Waals surface area (Å²) in [6.07, 6.45) is 0. The van der Waals surface area contributed by atoms with E-state index >= 15 is 0 Å². The van der Waals surface area contributed by atoms with Crippen LogP contribution in [0.15, 0.2) is 30.3 Å². The number of benzene rings is 1. The predicted molar refractivity (Wildman–Crippen MR) is 74.2 cm³/mol. The molecule has 4 nitrogen and oxygen atoms in total. The van der Waals surface area contributed by atoms with Gasteiger partial charge in [-0.25, -0.2) is 9.37 Å². The van der Waals surface area contributed by atoms with E-state index in [0.717, 1.165) is 5.69 Å². The normalized spacial score (nSPS) is 10.3. The van der Waals surface area contributed by atoms with E-state index in [2.05, 4.69) is 10.3 Å². The molecule has 0 fully saturated rings. The fourth-order valence-electron chi connectivity index (χ4n) is 1.64. The Morgan fingerprint density at radius 3 is 2.74 bits per heavy atom. The molecule has 2 rings (SSSR count). The minimum atomic E-state index is -0.404. The number of aromatic nitrogens is 1. The number of hydrogen-bond acceptors (Lipinski definition) is 4. The lowest BCUT2D eigenvalue weighted by atomic mass is 10.2. The highest BCUT2D eigenvalue weighted by Gasteiger charge is 2.05. The Morgan fingerprint density at radius 1 is 1.32 bits per heavy atom. The zero-order chi connectivity index (χ0) is 13.8. The summed E-state index contributed by atoms with van der Waals surface area (Å²) in [5.74, 6) is 0.462. The molecule has 0 saturated heterocycles. The summed E-state index contributed by atoms with van der Waals surface area (Å²) in [4.78, 5) is 4.27. The highest BCUT2D eigenvalue weighted by atomic mass is 19.1. The van der Waals surface area contributed by atoms with Gasteiger partial charge in [0.25, 0.3) is 0 Å². The number of nitrogen functional groups attached to an aromatic ring is 1. The molecular weight excluding hydrogens is 245 g/mol. The second-order valence-corrected chi connectivity index (χ2v) is 4.07. The second-order valence-electron chi connectivity index (χ2n) is 4.07. The molecule has 0 bridgehead atoms. The van der Waals surface area contributed by atoms with Crippen LogP contribution < -0.4 is 15.8 Å². The van der Waals surface area contributed by atoms with Gasteiger partial charge in [0, 0.05) is 11.8 Å². The quantitative estimate of drug-likeness (QED) is 0.886. The van der Waals surface area contributed by atoms with Crippen molar-refractivity contribution >= 4 is 17.2 Å². The first kappa shape index (κ1) is 13.1. The molecule has 0 unspecified atom stereocenters. The first-order valence-electron chi connectivity index (χ1n) is 6.02. The lowest BCUT2D eigenvalue weighted by molar-refractivity contribution is 0.321. The largest absolute Gasteiger partial charge is 0.491 e. The van der Waals surface area contributed by atoms with E-state index in [0.29, 0.717) is 23.8 Å². The molecule has 0 aliphatic rings. The van der Waals surface area contributed by atoms with Gasteiger partial charge in [-0.15, -0.1) is 0 Å². The van der Waals surface area contributed by atoms with Crippen LogP contribution in [0.25, 0.3) is 0 Å². The van der Waals surface area contributed by atoms with E-state index in [-0.39, 0.29) is 5.75 Å². The maximum absolute atomic E-state index is 13.7. The number of nitrogens with one attached hydrogen (secondary N) is 1. The molecule has 0 aliphatic heterocycles. The van der Waals surface area contributed by atoms with E-state index in [1.807, 2.05) is 13.8 Å². The first-order valence-corrected chi connectivity index (χ1v) is 6.02. The van der Waals surface area contributed by atoms with Crippen LogP contribution in [0, 0.1) is 12.7 Å². The van der Waals surface area contributed by atoms with E-state index < -0.39 is 5.82 Å². The van der Waals surface area contributed by atoms with Crippen LogP contribution in [0.5, 0.6) is 5.75 Å². The fraction of sp³-hybridized carbons (Fsp3) is 0.214. The minimum absolute atomic E-state index is 0.245. The minimum Gasteiger partial charge on any atom is -0.491 e. The average molecular weight is 261 g/mol. The van der Waals surface area contributed by atoms with Crippen LogP contribution in [0.4, 0.5) is 21.6 Å². The van der Waals surface area contributed by atoms with Gasteiger partial charge in [0.1, 0.15) is 5.82 Å². The van der Waals surface area contributed by atoms with Crippen LogP contribution >= 0.6 is 0 Å². The standard InChI is InChI=1S/C14H16FN3O/c1-3-19-13-6-4-10(8-11(13)15)18-14-7-5-12(16)9(2)17-14/h4-8H,3,16H2,1-2H3,(H,17,18). The number of aryl methyl sites for hydroxylation is 1. The highest BCUT2D eigenvalue weighted by molar-refractivity contribution is 5.59. The van der Waals surface area contributed by atoms with Gasteiger partial charge in [0.05, 0.1) is 18.0 Å². The van der Waals surface area contributed by atoms with Gasteiger partial charge in [0.15, 0.2) is 11.6 Å². The highest BCUT2D eigenvalue weighted by Crippen LogP contribution is 2.23. The number of anilines is 3. The van der Waals surface area contributed by atoms with Crippen molar-refractivity contribution in [3.8, 4) is 5.75 Å². The van der Waals surface area contributed by atoms with Crippen LogP contribution in [0.3, 0.4) is 0 Å². The summed E-state index contributed by atoms with van der Waals surface area (Å²) in [6, 6.07) is 8.21. The third kappa shape index (κ3) is 3.13. The van der Waals surface area contributed by atoms with Crippen molar-refractivity contribution in [1.82, 2.24) is 4.98 Å². The Balaban J connectivity index is 2.19. The lowest BCUT2D eigenvalue weighted by Crippen LogP contribution is -1.99. The molecule has 5 heteroatoms. The van der Waals surface area contributed by atoms with E-state index in [4.69, 9.17) is 10.5 Å². The molecule has 0 spiro atoms. The Kier molecular flexibility index (Phi) is 3.85. The Hall–Kier alpha value is -2.30. The monoisotopic (exact) mass is 261 g/mol. The van der Waals surface area contributed by atoms with Gasteiger partial charge in [-0.2, -0.15) is 0 Å². The second kappa shape index (κ2) is 5.56. The van der Waals surface area contributed by atoms with Crippen molar-refractivity contribution in [3.63, 3.8) is 0 Å². The Bertz CT molecular complexity index is 587. The van der Waals surface area contributed by atoms with Crippen LogP contribution in [-0.4, -0.2) is 11.6 Å². The average Bonchev–Trinajstić information content (AvgIpc) is 2.37. The van der Waals surface area contributed by atoms with Crippen molar-refractivity contribution in [2.24, 2.45) is 0 Å². The molecule has 2 aromatic rings. The van der Waals surface area contributed by atoms with Crippen LogP contribution in [0.1, 0.15) is 12.6 Å². The summed E-state index contributed by atoms with van der Waals surface area (Å²) in [5.41, 5.74) is 7.66. The van der Waals surface area contributed by atoms with Crippen molar-refractivity contribution in [1.29, 1.82) is 0 Å². The smallest absolute Gasteiger partial charge is 0.167 e. The van der Waals surface area contributed by atoms with E-state index in [9.17, 15) is 4.39 Å². The summed E-state index contributed by atoms with van der Waals surface area (Å²) >= 11 is 0.